The van der Waals surface area contributed by atoms with E-state index in [0.29, 0.717) is 11.1 Å². The molecule has 1 aliphatic rings. The molecule has 172 valence electrons. The number of nitrogens with zero attached hydrogens (tertiary/aromatic N) is 2. The van der Waals surface area contributed by atoms with E-state index in [2.05, 4.69) is 9.97 Å². The summed E-state index contributed by atoms with van der Waals surface area (Å²) in [6.45, 7) is 1.28. The van der Waals surface area contributed by atoms with Crippen molar-refractivity contribution in [1.82, 2.24) is 9.97 Å². The maximum absolute atomic E-state index is 14.0. The molecule has 0 spiro atoms. The van der Waals surface area contributed by atoms with Gasteiger partial charge in [-0.25, -0.2) is 14.4 Å². The van der Waals surface area contributed by atoms with Gasteiger partial charge in [0.25, 0.3) is 0 Å². The van der Waals surface area contributed by atoms with Crippen LogP contribution < -0.4 is 20.9 Å². The first-order chi connectivity index (χ1) is 15.7. The second-order valence-electron chi connectivity index (χ2n) is 7.97. The third-order valence-electron chi connectivity index (χ3n) is 5.94. The number of pyridine rings is 2. The van der Waals surface area contributed by atoms with E-state index in [4.69, 9.17) is 32.5 Å². The molecule has 8 nitrogen and oxygen atoms in total. The van der Waals surface area contributed by atoms with Crippen molar-refractivity contribution in [2.75, 3.05) is 20.3 Å². The number of aliphatic hydroxyl groups is 1. The number of primary amides is 1. The predicted octanol–water partition coefficient (Wildman–Crippen LogP) is 2.27. The fourth-order valence-electron chi connectivity index (χ4n) is 3.85. The maximum atomic E-state index is 14.0. The van der Waals surface area contributed by atoms with E-state index in [-0.39, 0.29) is 46.8 Å². The smallest absolute Gasteiger partial charge is 0.232 e. The van der Waals surface area contributed by atoms with Crippen LogP contribution >= 0.6 is 11.6 Å². The van der Waals surface area contributed by atoms with E-state index in [1.807, 2.05) is 0 Å². The largest absolute Gasteiger partial charge is 0.489 e. The third kappa shape index (κ3) is 3.58. The van der Waals surface area contributed by atoms with Crippen LogP contribution in [0.1, 0.15) is 23.7 Å². The maximum Gasteiger partial charge on any atom is 0.232 e. The summed E-state index contributed by atoms with van der Waals surface area (Å²) in [5.74, 6) is -0.725. The number of ether oxygens (including phenoxy) is 2. The first kappa shape index (κ1) is 22.9. The molecule has 1 amide bonds. The number of rotatable bonds is 6. The van der Waals surface area contributed by atoms with E-state index < -0.39 is 22.7 Å². The number of fused-ring (bicyclic) bond motifs is 1. The standard InChI is InChI=1S/C23H22ClFN4O4/c1-22(21(27)30)11-33-19-15(22)9-16(23(31,10-26)12-4-3-5-13(25)8-12)29-18(19)14-6-7-28-20(32-2)17(14)24/h3-9,31H,10-11,26H2,1-2H3,(H2,27,30)/t22-,23+/m0/s1. The molecule has 2 atom stereocenters. The van der Waals surface area contributed by atoms with Gasteiger partial charge in [0, 0.05) is 23.9 Å². The Balaban J connectivity index is 2.05. The van der Waals surface area contributed by atoms with Gasteiger partial charge in [-0.3, -0.25) is 4.79 Å². The van der Waals surface area contributed by atoms with Crippen LogP contribution in [0, 0.1) is 5.82 Å². The molecule has 4 rings (SSSR count). The van der Waals surface area contributed by atoms with Gasteiger partial charge in [-0.05, 0) is 36.8 Å². The normalized spacial score (nSPS) is 18.8. The molecule has 0 radical (unpaired) electrons. The summed E-state index contributed by atoms with van der Waals surface area (Å²) in [4.78, 5) is 21.1. The van der Waals surface area contributed by atoms with Crippen molar-refractivity contribution >= 4 is 17.5 Å². The summed E-state index contributed by atoms with van der Waals surface area (Å²) < 4.78 is 25.1. The minimum atomic E-state index is -1.88. The Morgan fingerprint density at radius 3 is 2.79 bits per heavy atom. The Morgan fingerprint density at radius 2 is 2.15 bits per heavy atom. The summed E-state index contributed by atoms with van der Waals surface area (Å²) in [6, 6.07) is 8.54. The summed E-state index contributed by atoms with van der Waals surface area (Å²) in [5.41, 5.74) is 9.90. The molecule has 0 saturated carbocycles. The van der Waals surface area contributed by atoms with Crippen molar-refractivity contribution in [1.29, 1.82) is 0 Å². The van der Waals surface area contributed by atoms with Gasteiger partial charge in [0.2, 0.25) is 11.8 Å². The lowest BCUT2D eigenvalue weighted by Crippen LogP contribution is -2.41. The lowest BCUT2D eigenvalue weighted by atomic mass is 9.81. The van der Waals surface area contributed by atoms with Crippen LogP contribution in [0.25, 0.3) is 11.3 Å². The van der Waals surface area contributed by atoms with E-state index >= 15 is 0 Å². The average molecular weight is 473 g/mol. The fraction of sp³-hybridized carbons (Fsp3) is 0.261. The molecule has 3 aromatic rings. The Morgan fingerprint density at radius 1 is 1.39 bits per heavy atom. The van der Waals surface area contributed by atoms with Gasteiger partial charge in [-0.2, -0.15) is 0 Å². The molecule has 0 bridgehead atoms. The van der Waals surface area contributed by atoms with Crippen LogP contribution in [0.5, 0.6) is 11.6 Å². The van der Waals surface area contributed by atoms with Crippen LogP contribution in [0.3, 0.4) is 0 Å². The van der Waals surface area contributed by atoms with Gasteiger partial charge in [-0.15, -0.1) is 0 Å². The highest BCUT2D eigenvalue weighted by Gasteiger charge is 2.46. The summed E-state index contributed by atoms with van der Waals surface area (Å²) >= 11 is 6.51. The van der Waals surface area contributed by atoms with Gasteiger partial charge >= 0.3 is 0 Å². The first-order valence-electron chi connectivity index (χ1n) is 10.0. The van der Waals surface area contributed by atoms with Crippen molar-refractivity contribution in [3.63, 3.8) is 0 Å². The second kappa shape index (κ2) is 8.26. The van der Waals surface area contributed by atoms with Crippen LogP contribution in [0.4, 0.5) is 4.39 Å². The molecular weight excluding hydrogens is 451 g/mol. The molecule has 3 heterocycles. The van der Waals surface area contributed by atoms with E-state index in [1.54, 1.807) is 13.0 Å². The fourth-order valence-corrected chi connectivity index (χ4v) is 4.13. The number of nitrogens with two attached hydrogens (primary N) is 2. The van der Waals surface area contributed by atoms with E-state index in [0.717, 1.165) is 0 Å². The lowest BCUT2D eigenvalue weighted by Gasteiger charge is -2.29. The van der Waals surface area contributed by atoms with Crippen molar-refractivity contribution in [2.45, 2.75) is 17.9 Å². The van der Waals surface area contributed by atoms with Gasteiger partial charge in [-0.1, -0.05) is 23.7 Å². The zero-order valence-electron chi connectivity index (χ0n) is 17.9. The number of halogens is 2. The van der Waals surface area contributed by atoms with Crippen LogP contribution in [0.15, 0.2) is 42.6 Å². The Labute approximate surface area is 194 Å². The molecule has 33 heavy (non-hydrogen) atoms. The molecule has 0 unspecified atom stereocenters. The van der Waals surface area contributed by atoms with Gasteiger partial charge in [0.15, 0.2) is 0 Å². The molecule has 0 aliphatic carbocycles. The van der Waals surface area contributed by atoms with Gasteiger partial charge in [0.1, 0.15) is 39.9 Å². The van der Waals surface area contributed by atoms with Crippen LogP contribution in [-0.4, -0.2) is 41.2 Å². The summed E-state index contributed by atoms with van der Waals surface area (Å²) in [7, 11) is 1.42. The minimum Gasteiger partial charge on any atom is -0.489 e. The van der Waals surface area contributed by atoms with Crippen LogP contribution in [0.2, 0.25) is 5.02 Å². The Bertz CT molecular complexity index is 1260. The molecule has 0 saturated heterocycles. The number of benzene rings is 1. The lowest BCUT2D eigenvalue weighted by molar-refractivity contribution is -0.123. The second-order valence-corrected chi connectivity index (χ2v) is 8.35. The number of methoxy groups -OCH3 is 1. The number of carbonyl (C=O) groups is 1. The van der Waals surface area contributed by atoms with Gasteiger partial charge in [0.05, 0.1) is 12.8 Å². The van der Waals surface area contributed by atoms with Gasteiger partial charge < -0.3 is 26.0 Å². The molecule has 1 aliphatic heterocycles. The van der Waals surface area contributed by atoms with Crippen molar-refractivity contribution in [2.24, 2.45) is 11.5 Å². The molecule has 10 heteroatoms. The number of hydrogen-bond donors (Lipinski definition) is 3. The zero-order valence-corrected chi connectivity index (χ0v) is 18.7. The number of hydrogen-bond acceptors (Lipinski definition) is 7. The quantitative estimate of drug-likeness (QED) is 0.501. The predicted molar refractivity (Wildman–Crippen MR) is 120 cm³/mol. The van der Waals surface area contributed by atoms with Crippen LogP contribution in [-0.2, 0) is 15.8 Å². The summed E-state index contributed by atoms with van der Waals surface area (Å²) in [6.07, 6.45) is 1.48. The highest BCUT2D eigenvalue weighted by Crippen LogP contribution is 2.48. The van der Waals surface area contributed by atoms with Crippen molar-refractivity contribution in [3.05, 3.63) is 70.3 Å². The van der Waals surface area contributed by atoms with Crippen molar-refractivity contribution in [3.8, 4) is 22.9 Å². The highest BCUT2D eigenvalue weighted by molar-refractivity contribution is 6.34. The average Bonchev–Trinajstić information content (AvgIpc) is 3.16. The number of carbonyl (C=O) groups excluding carboxylic acids is 1. The zero-order chi connectivity index (χ0) is 24.0. The highest BCUT2D eigenvalue weighted by atomic mass is 35.5. The molecule has 1 aromatic carbocycles. The van der Waals surface area contributed by atoms with Crippen molar-refractivity contribution < 1.29 is 23.8 Å². The number of aromatic nitrogens is 2. The minimum absolute atomic E-state index is 0.0311. The SMILES string of the molecule is COc1nccc(-c2nc([C@@](O)(CN)c3cccc(F)c3)cc3c2OC[C@]3(C)C(N)=O)c1Cl. The first-order valence-corrected chi connectivity index (χ1v) is 10.4. The molecule has 2 aromatic heterocycles. The number of amides is 1. The topological polar surface area (TPSA) is 134 Å². The molecular formula is C23H22ClFN4O4. The van der Waals surface area contributed by atoms with E-state index in [1.165, 1.54) is 43.6 Å². The molecule has 5 N–H and O–H groups in total. The Hall–Kier alpha value is -3.27. The monoisotopic (exact) mass is 472 g/mol. The Kier molecular flexibility index (Phi) is 5.73. The summed E-state index contributed by atoms with van der Waals surface area (Å²) in [5, 5.41) is 11.7. The van der Waals surface area contributed by atoms with E-state index in [9.17, 15) is 14.3 Å². The third-order valence-corrected chi connectivity index (χ3v) is 6.31. The molecule has 0 fully saturated rings.